The number of hydrogen-bond donors (Lipinski definition) is 1. The predicted molar refractivity (Wildman–Crippen MR) is 69.1 cm³/mol. The van der Waals surface area contributed by atoms with Crippen molar-refractivity contribution >= 4 is 11.7 Å². The fourth-order valence-electron chi connectivity index (χ4n) is 1.96. The van der Waals surface area contributed by atoms with Crippen molar-refractivity contribution in [3.8, 4) is 5.75 Å². The number of ether oxygens (including phenoxy) is 2. The molecule has 2 amide bonds. The average Bonchev–Trinajstić information content (AvgIpc) is 2.38. The molecule has 110 valence electrons. The largest absolute Gasteiger partial charge is 0.435 e. The summed E-state index contributed by atoms with van der Waals surface area (Å²) in [5.41, 5.74) is 0.410. The summed E-state index contributed by atoms with van der Waals surface area (Å²) in [6.45, 7) is 0.489. The molecule has 20 heavy (non-hydrogen) atoms. The first-order valence-corrected chi connectivity index (χ1v) is 6.27. The van der Waals surface area contributed by atoms with Gasteiger partial charge in [0.25, 0.3) is 0 Å². The van der Waals surface area contributed by atoms with Crippen molar-refractivity contribution in [2.75, 3.05) is 25.0 Å². The van der Waals surface area contributed by atoms with Crippen LogP contribution in [0.2, 0.25) is 0 Å². The first-order chi connectivity index (χ1) is 9.54. The fraction of sp³-hybridized carbons (Fsp3) is 0.462. The van der Waals surface area contributed by atoms with Gasteiger partial charge in [-0.2, -0.15) is 8.78 Å². The van der Waals surface area contributed by atoms with Crippen LogP contribution in [-0.4, -0.2) is 43.3 Å². The lowest BCUT2D eigenvalue weighted by Gasteiger charge is -2.31. The second-order valence-electron chi connectivity index (χ2n) is 4.46. The molecule has 1 aromatic carbocycles. The Morgan fingerprint density at radius 1 is 1.55 bits per heavy atom. The van der Waals surface area contributed by atoms with E-state index in [0.717, 1.165) is 0 Å². The Balaban J connectivity index is 1.96. The summed E-state index contributed by atoms with van der Waals surface area (Å²) < 4.78 is 33.9. The second-order valence-corrected chi connectivity index (χ2v) is 4.46. The Bertz CT molecular complexity index is 471. The number of halogens is 2. The first kappa shape index (κ1) is 14.5. The fourth-order valence-corrected chi connectivity index (χ4v) is 1.96. The lowest BCUT2D eigenvalue weighted by molar-refractivity contribution is -0.0498. The lowest BCUT2D eigenvalue weighted by atomic mass is 10.3. The molecule has 1 heterocycles. The van der Waals surface area contributed by atoms with Crippen LogP contribution >= 0.6 is 0 Å². The third kappa shape index (κ3) is 4.06. The van der Waals surface area contributed by atoms with E-state index in [-0.39, 0.29) is 17.9 Å². The number of rotatable bonds is 3. The molecule has 1 aromatic rings. The molecule has 1 aliphatic rings. The van der Waals surface area contributed by atoms with Crippen LogP contribution in [-0.2, 0) is 4.74 Å². The lowest BCUT2D eigenvalue weighted by Crippen LogP contribution is -2.46. The molecule has 0 radical (unpaired) electrons. The minimum atomic E-state index is -2.89. The maximum absolute atomic E-state index is 12.1. The van der Waals surface area contributed by atoms with E-state index in [9.17, 15) is 13.6 Å². The van der Waals surface area contributed by atoms with E-state index in [4.69, 9.17) is 4.74 Å². The van der Waals surface area contributed by atoms with Crippen molar-refractivity contribution in [2.24, 2.45) is 0 Å². The minimum absolute atomic E-state index is 0.00754. The van der Waals surface area contributed by atoms with Crippen molar-refractivity contribution in [2.45, 2.75) is 19.6 Å². The highest BCUT2D eigenvalue weighted by atomic mass is 19.3. The number of carbonyl (C=O) groups is 1. The van der Waals surface area contributed by atoms with Crippen LogP contribution in [0.4, 0.5) is 19.3 Å². The maximum Gasteiger partial charge on any atom is 0.387 e. The molecule has 1 atom stereocenters. The number of hydrogen-bond acceptors (Lipinski definition) is 3. The standard InChI is InChI=1S/C13H16F2N2O3/c1-9-8-17(5-6-19-9)13(18)16-10-3-2-4-11(7-10)20-12(14)15/h2-4,7,9,12H,5-6,8H2,1H3,(H,16,18). The number of anilines is 1. The third-order valence-electron chi connectivity index (χ3n) is 2.84. The Labute approximate surface area is 115 Å². The van der Waals surface area contributed by atoms with Gasteiger partial charge in [0, 0.05) is 24.8 Å². The molecule has 1 saturated heterocycles. The van der Waals surface area contributed by atoms with Gasteiger partial charge in [0.05, 0.1) is 12.7 Å². The van der Waals surface area contributed by atoms with Crippen molar-refractivity contribution in [1.29, 1.82) is 0 Å². The molecule has 1 fully saturated rings. The molecule has 0 aliphatic carbocycles. The number of nitrogens with one attached hydrogen (secondary N) is 1. The van der Waals surface area contributed by atoms with Crippen molar-refractivity contribution < 1.29 is 23.0 Å². The topological polar surface area (TPSA) is 50.8 Å². The van der Waals surface area contributed by atoms with E-state index in [1.54, 1.807) is 11.0 Å². The summed E-state index contributed by atoms with van der Waals surface area (Å²) >= 11 is 0. The van der Waals surface area contributed by atoms with Crippen LogP contribution in [0.15, 0.2) is 24.3 Å². The van der Waals surface area contributed by atoms with Crippen LogP contribution in [0.1, 0.15) is 6.92 Å². The van der Waals surface area contributed by atoms with Crippen LogP contribution in [0.3, 0.4) is 0 Å². The number of urea groups is 1. The van der Waals surface area contributed by atoms with Gasteiger partial charge in [-0.1, -0.05) is 6.07 Å². The summed E-state index contributed by atoms with van der Waals surface area (Å²) in [6, 6.07) is 5.62. The molecule has 0 aromatic heterocycles. The molecule has 0 bridgehead atoms. The third-order valence-corrected chi connectivity index (χ3v) is 2.84. The Morgan fingerprint density at radius 2 is 2.35 bits per heavy atom. The summed E-state index contributed by atoms with van der Waals surface area (Å²) in [7, 11) is 0. The summed E-state index contributed by atoms with van der Waals surface area (Å²) in [6.07, 6.45) is -0.0111. The molecule has 0 saturated carbocycles. The zero-order chi connectivity index (χ0) is 14.5. The van der Waals surface area contributed by atoms with Gasteiger partial charge in [-0.15, -0.1) is 0 Å². The highest BCUT2D eigenvalue weighted by Gasteiger charge is 2.21. The Morgan fingerprint density at radius 3 is 3.05 bits per heavy atom. The number of amides is 2. The van der Waals surface area contributed by atoms with Gasteiger partial charge in [0.2, 0.25) is 0 Å². The number of carbonyl (C=O) groups excluding carboxylic acids is 1. The smallest absolute Gasteiger partial charge is 0.387 e. The number of benzene rings is 1. The van der Waals surface area contributed by atoms with Gasteiger partial charge in [-0.25, -0.2) is 4.79 Å². The van der Waals surface area contributed by atoms with E-state index in [1.165, 1.54) is 18.2 Å². The van der Waals surface area contributed by atoms with Gasteiger partial charge in [0.15, 0.2) is 0 Å². The van der Waals surface area contributed by atoms with Crippen molar-refractivity contribution in [3.63, 3.8) is 0 Å². The van der Waals surface area contributed by atoms with Crippen LogP contribution in [0, 0.1) is 0 Å². The highest BCUT2D eigenvalue weighted by Crippen LogP contribution is 2.20. The normalized spacial score (nSPS) is 19.0. The molecule has 1 N–H and O–H groups in total. The molecule has 1 aliphatic heterocycles. The quantitative estimate of drug-likeness (QED) is 0.929. The molecular weight excluding hydrogens is 270 g/mol. The summed E-state index contributed by atoms with van der Waals surface area (Å²) in [5.74, 6) is 0.00754. The molecule has 5 nitrogen and oxygen atoms in total. The highest BCUT2D eigenvalue weighted by molar-refractivity contribution is 5.89. The van der Waals surface area contributed by atoms with Crippen molar-refractivity contribution in [3.05, 3.63) is 24.3 Å². The number of alkyl halides is 2. The van der Waals surface area contributed by atoms with Gasteiger partial charge >= 0.3 is 12.6 Å². The van der Waals surface area contributed by atoms with Crippen LogP contribution < -0.4 is 10.1 Å². The molecule has 7 heteroatoms. The zero-order valence-electron chi connectivity index (χ0n) is 11.0. The summed E-state index contributed by atoms with van der Waals surface area (Å²) in [5, 5.41) is 2.65. The first-order valence-electron chi connectivity index (χ1n) is 6.27. The van der Waals surface area contributed by atoms with E-state index in [2.05, 4.69) is 10.1 Å². The monoisotopic (exact) mass is 286 g/mol. The molecule has 1 unspecified atom stereocenters. The Hall–Kier alpha value is -1.89. The predicted octanol–water partition coefficient (Wildman–Crippen LogP) is 2.54. The van der Waals surface area contributed by atoms with E-state index < -0.39 is 6.61 Å². The number of morpholine rings is 1. The van der Waals surface area contributed by atoms with Crippen molar-refractivity contribution in [1.82, 2.24) is 4.90 Å². The van der Waals surface area contributed by atoms with Gasteiger partial charge in [-0.3, -0.25) is 0 Å². The molecule has 0 spiro atoms. The van der Waals surface area contributed by atoms with Gasteiger partial charge in [0.1, 0.15) is 5.75 Å². The van der Waals surface area contributed by atoms with E-state index in [0.29, 0.717) is 25.4 Å². The Kier molecular flexibility index (Phi) is 4.73. The van der Waals surface area contributed by atoms with E-state index >= 15 is 0 Å². The zero-order valence-corrected chi connectivity index (χ0v) is 11.0. The van der Waals surface area contributed by atoms with E-state index in [1.807, 2.05) is 6.92 Å². The summed E-state index contributed by atoms with van der Waals surface area (Å²) in [4.78, 5) is 13.6. The maximum atomic E-state index is 12.1. The van der Waals surface area contributed by atoms with Crippen LogP contribution in [0.5, 0.6) is 5.75 Å². The second kappa shape index (κ2) is 6.51. The van der Waals surface area contributed by atoms with Gasteiger partial charge in [-0.05, 0) is 19.1 Å². The van der Waals surface area contributed by atoms with Gasteiger partial charge < -0.3 is 19.7 Å². The SMILES string of the molecule is CC1CN(C(=O)Nc2cccc(OC(F)F)c2)CCO1. The molecular formula is C13H16F2N2O3. The average molecular weight is 286 g/mol. The molecule has 2 rings (SSSR count). The minimum Gasteiger partial charge on any atom is -0.435 e. The van der Waals surface area contributed by atoms with Crippen LogP contribution in [0.25, 0.3) is 0 Å². The number of nitrogens with zero attached hydrogens (tertiary/aromatic N) is 1.